The highest BCUT2D eigenvalue weighted by Crippen LogP contribution is 2.30. The van der Waals surface area contributed by atoms with E-state index in [4.69, 9.17) is 9.47 Å². The van der Waals surface area contributed by atoms with E-state index in [-0.39, 0.29) is 24.1 Å². The van der Waals surface area contributed by atoms with Crippen molar-refractivity contribution < 1.29 is 22.7 Å². The standard InChI is InChI=1S/C23H21IN2O5S/c24-17-10-12-18(13-11-17)26(32(28,29)20-6-2-1-3-7-20)15-23(27)25-14-19-16-30-21-8-4-5-9-22(21)31-19/h1-13,19H,14-16H2,(H,25,27)/t19-/m0/s1. The Balaban J connectivity index is 1.47. The second-order valence-corrected chi connectivity index (χ2v) is 10.2. The molecule has 0 fully saturated rings. The van der Waals surface area contributed by atoms with Gasteiger partial charge >= 0.3 is 0 Å². The van der Waals surface area contributed by atoms with Crippen molar-refractivity contribution in [2.45, 2.75) is 11.0 Å². The van der Waals surface area contributed by atoms with Crippen molar-refractivity contribution in [3.8, 4) is 11.5 Å². The topological polar surface area (TPSA) is 84.9 Å². The van der Waals surface area contributed by atoms with E-state index in [0.717, 1.165) is 7.88 Å². The Bertz CT molecular complexity index is 1190. The molecule has 0 spiro atoms. The zero-order chi connectivity index (χ0) is 22.6. The molecule has 1 heterocycles. The smallest absolute Gasteiger partial charge is 0.264 e. The summed E-state index contributed by atoms with van der Waals surface area (Å²) < 4.78 is 40.2. The maximum atomic E-state index is 13.3. The van der Waals surface area contributed by atoms with Crippen LogP contribution in [0.2, 0.25) is 0 Å². The van der Waals surface area contributed by atoms with Crippen molar-refractivity contribution in [2.75, 3.05) is 24.0 Å². The predicted molar refractivity (Wildman–Crippen MR) is 129 cm³/mol. The third kappa shape index (κ3) is 5.16. The van der Waals surface area contributed by atoms with Crippen LogP contribution in [0.15, 0.2) is 83.8 Å². The number of benzene rings is 3. The molecule has 0 unspecified atom stereocenters. The average molecular weight is 564 g/mol. The number of carbonyl (C=O) groups is 1. The maximum absolute atomic E-state index is 13.3. The molecular weight excluding hydrogens is 543 g/mol. The quantitative estimate of drug-likeness (QED) is 0.445. The first-order valence-electron chi connectivity index (χ1n) is 9.92. The molecule has 1 atom stereocenters. The lowest BCUT2D eigenvalue weighted by Crippen LogP contribution is -2.45. The Morgan fingerprint density at radius 1 is 0.969 bits per heavy atom. The summed E-state index contributed by atoms with van der Waals surface area (Å²) >= 11 is 2.14. The number of ether oxygens (including phenoxy) is 2. The van der Waals surface area contributed by atoms with Gasteiger partial charge in [-0.2, -0.15) is 0 Å². The van der Waals surface area contributed by atoms with E-state index in [9.17, 15) is 13.2 Å². The van der Waals surface area contributed by atoms with E-state index in [2.05, 4.69) is 27.9 Å². The second kappa shape index (κ2) is 9.78. The van der Waals surface area contributed by atoms with Gasteiger partial charge in [0.05, 0.1) is 17.1 Å². The monoisotopic (exact) mass is 564 g/mol. The molecule has 32 heavy (non-hydrogen) atoms. The minimum atomic E-state index is -3.93. The molecule has 9 heteroatoms. The lowest BCUT2D eigenvalue weighted by Gasteiger charge is -2.27. The average Bonchev–Trinajstić information content (AvgIpc) is 2.82. The van der Waals surface area contributed by atoms with Gasteiger partial charge in [0.2, 0.25) is 5.91 Å². The zero-order valence-electron chi connectivity index (χ0n) is 17.0. The number of halogens is 1. The molecule has 4 rings (SSSR count). The summed E-state index contributed by atoms with van der Waals surface area (Å²) in [5.41, 5.74) is 0.413. The number of nitrogens with zero attached hydrogens (tertiary/aromatic N) is 1. The van der Waals surface area contributed by atoms with Crippen LogP contribution in [0.3, 0.4) is 0 Å². The van der Waals surface area contributed by atoms with Crippen molar-refractivity contribution in [1.82, 2.24) is 5.32 Å². The van der Waals surface area contributed by atoms with Gasteiger partial charge in [-0.1, -0.05) is 30.3 Å². The van der Waals surface area contributed by atoms with Crippen LogP contribution in [-0.4, -0.2) is 40.1 Å². The van der Waals surface area contributed by atoms with E-state index in [0.29, 0.717) is 23.8 Å². The lowest BCUT2D eigenvalue weighted by molar-refractivity contribution is -0.120. The SMILES string of the molecule is O=C(CN(c1ccc(I)cc1)S(=O)(=O)c1ccccc1)NC[C@H]1COc2ccccc2O1. The third-order valence-electron chi connectivity index (χ3n) is 4.83. The fourth-order valence-corrected chi connectivity index (χ4v) is 5.02. The zero-order valence-corrected chi connectivity index (χ0v) is 20.0. The molecule has 3 aromatic rings. The summed E-state index contributed by atoms with van der Waals surface area (Å²) in [5, 5.41) is 2.77. The van der Waals surface area contributed by atoms with Gasteiger partial charge in [0, 0.05) is 3.57 Å². The van der Waals surface area contributed by atoms with Crippen molar-refractivity contribution in [3.05, 3.63) is 82.4 Å². The van der Waals surface area contributed by atoms with Crippen LogP contribution in [-0.2, 0) is 14.8 Å². The van der Waals surface area contributed by atoms with E-state index >= 15 is 0 Å². The maximum Gasteiger partial charge on any atom is 0.264 e. The van der Waals surface area contributed by atoms with Crippen molar-refractivity contribution in [3.63, 3.8) is 0 Å². The number of para-hydroxylation sites is 2. The van der Waals surface area contributed by atoms with E-state index < -0.39 is 15.9 Å². The summed E-state index contributed by atoms with van der Waals surface area (Å²) in [6.45, 7) is 0.126. The number of nitrogens with one attached hydrogen (secondary N) is 1. The predicted octanol–water partition coefficient (Wildman–Crippen LogP) is 3.44. The molecule has 1 N–H and O–H groups in total. The molecular formula is C23H21IN2O5S. The van der Waals surface area contributed by atoms with Crippen LogP contribution < -0.4 is 19.1 Å². The van der Waals surface area contributed by atoms with Gasteiger partial charge in [0.25, 0.3) is 10.0 Å². The number of carbonyl (C=O) groups excluding carboxylic acids is 1. The molecule has 166 valence electrons. The first-order valence-corrected chi connectivity index (χ1v) is 12.4. The number of rotatable bonds is 7. The van der Waals surface area contributed by atoms with Crippen LogP contribution >= 0.6 is 22.6 Å². The van der Waals surface area contributed by atoms with Crippen LogP contribution in [0.25, 0.3) is 0 Å². The fourth-order valence-electron chi connectivity index (χ4n) is 3.22. The van der Waals surface area contributed by atoms with E-state index in [1.54, 1.807) is 48.5 Å². The fraction of sp³-hybridized carbons (Fsp3) is 0.174. The minimum absolute atomic E-state index is 0.118. The Hall–Kier alpha value is -2.79. The number of amides is 1. The molecule has 0 aliphatic carbocycles. The van der Waals surface area contributed by atoms with Gasteiger partial charge in [-0.3, -0.25) is 9.10 Å². The highest BCUT2D eigenvalue weighted by Gasteiger charge is 2.28. The lowest BCUT2D eigenvalue weighted by atomic mass is 10.2. The first-order chi connectivity index (χ1) is 15.4. The van der Waals surface area contributed by atoms with Gasteiger partial charge < -0.3 is 14.8 Å². The number of anilines is 1. The Labute approximate surface area is 200 Å². The van der Waals surface area contributed by atoms with Crippen LogP contribution in [0.4, 0.5) is 5.69 Å². The third-order valence-corrected chi connectivity index (χ3v) is 7.33. The Kier molecular flexibility index (Phi) is 6.85. The summed E-state index contributed by atoms with van der Waals surface area (Å²) in [5.74, 6) is 0.838. The van der Waals surface area contributed by atoms with E-state index in [1.165, 1.54) is 12.1 Å². The number of fused-ring (bicyclic) bond motifs is 1. The summed E-state index contributed by atoms with van der Waals surface area (Å²) in [6.07, 6.45) is -0.369. The highest BCUT2D eigenvalue weighted by atomic mass is 127. The minimum Gasteiger partial charge on any atom is -0.486 e. The molecule has 0 radical (unpaired) electrons. The van der Waals surface area contributed by atoms with E-state index in [1.807, 2.05) is 18.2 Å². The molecule has 0 aromatic heterocycles. The molecule has 1 aliphatic heterocycles. The first kappa shape index (κ1) is 22.4. The largest absolute Gasteiger partial charge is 0.486 e. The van der Waals surface area contributed by atoms with Crippen LogP contribution in [0, 0.1) is 3.57 Å². The van der Waals surface area contributed by atoms with Crippen LogP contribution in [0.5, 0.6) is 11.5 Å². The van der Waals surface area contributed by atoms with Gasteiger partial charge in [0.1, 0.15) is 19.3 Å². The number of sulfonamides is 1. The molecule has 0 saturated carbocycles. The van der Waals surface area contributed by atoms with Gasteiger partial charge in [-0.05, 0) is 71.1 Å². The van der Waals surface area contributed by atoms with Crippen molar-refractivity contribution in [1.29, 1.82) is 0 Å². The van der Waals surface area contributed by atoms with Gasteiger partial charge in [0.15, 0.2) is 11.5 Å². The second-order valence-electron chi connectivity index (χ2n) is 7.10. The number of hydrogen-bond donors (Lipinski definition) is 1. The normalized spacial score (nSPS) is 15.1. The molecule has 1 amide bonds. The molecule has 7 nitrogen and oxygen atoms in total. The Morgan fingerprint density at radius 3 is 2.34 bits per heavy atom. The van der Waals surface area contributed by atoms with Gasteiger partial charge in [-0.15, -0.1) is 0 Å². The van der Waals surface area contributed by atoms with Crippen molar-refractivity contribution >= 4 is 44.2 Å². The summed E-state index contributed by atoms with van der Waals surface area (Å²) in [7, 11) is -3.93. The molecule has 1 aliphatic rings. The van der Waals surface area contributed by atoms with Crippen molar-refractivity contribution in [2.24, 2.45) is 0 Å². The van der Waals surface area contributed by atoms with Gasteiger partial charge in [-0.25, -0.2) is 8.42 Å². The number of hydrogen-bond acceptors (Lipinski definition) is 5. The molecule has 0 bridgehead atoms. The summed E-state index contributed by atoms with van der Waals surface area (Å²) in [6, 6.07) is 22.3. The summed E-state index contributed by atoms with van der Waals surface area (Å²) in [4.78, 5) is 12.9. The highest BCUT2D eigenvalue weighted by molar-refractivity contribution is 14.1. The molecule has 3 aromatic carbocycles. The molecule has 0 saturated heterocycles. The van der Waals surface area contributed by atoms with Crippen LogP contribution in [0.1, 0.15) is 0 Å². The Morgan fingerprint density at radius 2 is 1.62 bits per heavy atom.